The highest BCUT2D eigenvalue weighted by atomic mass is 16.5. The predicted molar refractivity (Wildman–Crippen MR) is 69.8 cm³/mol. The van der Waals surface area contributed by atoms with Crippen LogP contribution in [0.15, 0.2) is 54.6 Å². The molecule has 1 unspecified atom stereocenters. The van der Waals surface area contributed by atoms with Crippen molar-refractivity contribution in [2.24, 2.45) is 0 Å². The van der Waals surface area contributed by atoms with Crippen molar-refractivity contribution in [1.29, 1.82) is 0 Å². The maximum atomic E-state index is 9.97. The van der Waals surface area contributed by atoms with Crippen molar-refractivity contribution in [3.05, 3.63) is 60.2 Å². The first-order valence-electron chi connectivity index (χ1n) is 5.80. The van der Waals surface area contributed by atoms with E-state index in [1.54, 1.807) is 7.11 Å². The average Bonchev–Trinajstić information content (AvgIpc) is 2.41. The van der Waals surface area contributed by atoms with Gasteiger partial charge in [-0.1, -0.05) is 36.4 Å². The van der Waals surface area contributed by atoms with E-state index in [9.17, 15) is 5.11 Å². The summed E-state index contributed by atoms with van der Waals surface area (Å²) in [5, 5.41) is 9.97. The van der Waals surface area contributed by atoms with E-state index in [0.717, 1.165) is 11.3 Å². The number of aliphatic hydroxyl groups excluding tert-OH is 1. The molecule has 2 rings (SSSR count). The van der Waals surface area contributed by atoms with Crippen LogP contribution in [0.4, 0.5) is 0 Å². The van der Waals surface area contributed by atoms with E-state index in [0.29, 0.717) is 5.75 Å². The molecule has 0 spiro atoms. The minimum absolute atomic E-state index is 0.245. The van der Waals surface area contributed by atoms with Crippen LogP contribution in [0.25, 0.3) is 0 Å². The second-order valence-electron chi connectivity index (χ2n) is 3.92. The lowest BCUT2D eigenvalue weighted by Gasteiger charge is -2.15. The number of aliphatic hydroxyl groups is 1. The highest BCUT2D eigenvalue weighted by Crippen LogP contribution is 2.29. The van der Waals surface area contributed by atoms with Gasteiger partial charge in [-0.25, -0.2) is 0 Å². The van der Waals surface area contributed by atoms with Crippen molar-refractivity contribution in [2.45, 2.75) is 6.10 Å². The zero-order valence-corrected chi connectivity index (χ0v) is 10.2. The minimum Gasteiger partial charge on any atom is -0.457 e. The van der Waals surface area contributed by atoms with Crippen LogP contribution in [0.3, 0.4) is 0 Å². The van der Waals surface area contributed by atoms with Crippen LogP contribution < -0.4 is 4.74 Å². The molecular formula is C15H16O3. The van der Waals surface area contributed by atoms with Gasteiger partial charge < -0.3 is 14.6 Å². The summed E-state index contributed by atoms with van der Waals surface area (Å²) in [6.07, 6.45) is -0.685. The first-order chi connectivity index (χ1) is 8.81. The maximum absolute atomic E-state index is 9.97. The van der Waals surface area contributed by atoms with Crippen LogP contribution in [0, 0.1) is 0 Å². The summed E-state index contributed by atoms with van der Waals surface area (Å²) < 4.78 is 10.7. The van der Waals surface area contributed by atoms with Crippen molar-refractivity contribution in [2.75, 3.05) is 13.7 Å². The lowest BCUT2D eigenvalue weighted by Crippen LogP contribution is -2.06. The van der Waals surface area contributed by atoms with Crippen molar-refractivity contribution in [3.8, 4) is 11.5 Å². The number of hydrogen-bond donors (Lipinski definition) is 1. The Hall–Kier alpha value is -1.84. The molecule has 3 nitrogen and oxygen atoms in total. The number of rotatable bonds is 5. The van der Waals surface area contributed by atoms with Gasteiger partial charge in [0, 0.05) is 12.7 Å². The standard InChI is InChI=1S/C15H16O3/c1-17-11-14(16)13-9-5-6-10-15(13)18-12-7-3-2-4-8-12/h2-10,14,16H,11H2,1H3. The Morgan fingerprint density at radius 2 is 1.67 bits per heavy atom. The van der Waals surface area contributed by atoms with Gasteiger partial charge in [-0.2, -0.15) is 0 Å². The zero-order valence-electron chi connectivity index (χ0n) is 10.2. The number of methoxy groups -OCH3 is 1. The Kier molecular flexibility index (Phi) is 4.34. The van der Waals surface area contributed by atoms with E-state index in [4.69, 9.17) is 9.47 Å². The number of benzene rings is 2. The van der Waals surface area contributed by atoms with Crippen LogP contribution in [-0.2, 0) is 4.74 Å². The van der Waals surface area contributed by atoms with E-state index in [1.165, 1.54) is 0 Å². The first-order valence-corrected chi connectivity index (χ1v) is 5.80. The smallest absolute Gasteiger partial charge is 0.133 e. The van der Waals surface area contributed by atoms with Crippen molar-refractivity contribution < 1.29 is 14.6 Å². The van der Waals surface area contributed by atoms with E-state index in [1.807, 2.05) is 54.6 Å². The summed E-state index contributed by atoms with van der Waals surface area (Å²) in [5.74, 6) is 1.39. The fourth-order valence-electron chi connectivity index (χ4n) is 1.71. The highest BCUT2D eigenvalue weighted by molar-refractivity contribution is 5.39. The lowest BCUT2D eigenvalue weighted by molar-refractivity contribution is 0.0631. The summed E-state index contributed by atoms with van der Waals surface area (Å²) in [4.78, 5) is 0. The van der Waals surface area contributed by atoms with E-state index in [2.05, 4.69) is 0 Å². The summed E-state index contributed by atoms with van der Waals surface area (Å²) in [7, 11) is 1.56. The predicted octanol–water partition coefficient (Wildman–Crippen LogP) is 3.16. The second-order valence-corrected chi connectivity index (χ2v) is 3.92. The van der Waals surface area contributed by atoms with Crippen LogP contribution in [0.5, 0.6) is 11.5 Å². The molecule has 2 aromatic rings. The number of hydrogen-bond acceptors (Lipinski definition) is 3. The monoisotopic (exact) mass is 244 g/mol. The van der Waals surface area contributed by atoms with E-state index in [-0.39, 0.29) is 6.61 Å². The Balaban J connectivity index is 2.22. The quantitative estimate of drug-likeness (QED) is 0.878. The molecule has 0 aliphatic carbocycles. The van der Waals surface area contributed by atoms with Crippen LogP contribution in [0.2, 0.25) is 0 Å². The topological polar surface area (TPSA) is 38.7 Å². The third kappa shape index (κ3) is 3.09. The average molecular weight is 244 g/mol. The van der Waals surface area contributed by atoms with Gasteiger partial charge in [0.1, 0.15) is 17.6 Å². The molecular weight excluding hydrogens is 228 g/mol. The molecule has 0 aliphatic rings. The molecule has 0 radical (unpaired) electrons. The first kappa shape index (κ1) is 12.6. The van der Waals surface area contributed by atoms with Gasteiger partial charge in [0.15, 0.2) is 0 Å². The molecule has 0 saturated carbocycles. The molecule has 0 heterocycles. The molecule has 94 valence electrons. The molecule has 0 aromatic heterocycles. The number of ether oxygens (including phenoxy) is 2. The molecule has 0 amide bonds. The lowest BCUT2D eigenvalue weighted by atomic mass is 10.1. The van der Waals surface area contributed by atoms with Gasteiger partial charge in [0.05, 0.1) is 6.61 Å². The molecule has 0 saturated heterocycles. The molecule has 3 heteroatoms. The fourth-order valence-corrected chi connectivity index (χ4v) is 1.71. The normalized spacial score (nSPS) is 12.1. The molecule has 0 aliphatic heterocycles. The molecule has 1 atom stereocenters. The van der Waals surface area contributed by atoms with Gasteiger partial charge in [-0.15, -0.1) is 0 Å². The second kappa shape index (κ2) is 6.19. The SMILES string of the molecule is COCC(O)c1ccccc1Oc1ccccc1. The van der Waals surface area contributed by atoms with Crippen LogP contribution in [0.1, 0.15) is 11.7 Å². The van der Waals surface area contributed by atoms with Crippen molar-refractivity contribution in [1.82, 2.24) is 0 Å². The number of para-hydroxylation sites is 2. The molecule has 1 N–H and O–H groups in total. The fraction of sp³-hybridized carbons (Fsp3) is 0.200. The summed E-state index contributed by atoms with van der Waals surface area (Å²) in [5.41, 5.74) is 0.725. The van der Waals surface area contributed by atoms with Gasteiger partial charge in [0.2, 0.25) is 0 Å². The van der Waals surface area contributed by atoms with Gasteiger partial charge in [-0.3, -0.25) is 0 Å². The van der Waals surface area contributed by atoms with E-state index < -0.39 is 6.10 Å². The Labute approximate surface area is 107 Å². The minimum atomic E-state index is -0.685. The van der Waals surface area contributed by atoms with Crippen LogP contribution in [-0.4, -0.2) is 18.8 Å². The van der Waals surface area contributed by atoms with Crippen molar-refractivity contribution in [3.63, 3.8) is 0 Å². The summed E-state index contributed by atoms with van der Waals surface area (Å²) >= 11 is 0. The summed E-state index contributed by atoms with van der Waals surface area (Å²) in [6.45, 7) is 0.245. The van der Waals surface area contributed by atoms with E-state index >= 15 is 0 Å². The molecule has 0 fully saturated rings. The Morgan fingerprint density at radius 3 is 2.39 bits per heavy atom. The summed E-state index contributed by atoms with van der Waals surface area (Å²) in [6, 6.07) is 16.9. The molecule has 18 heavy (non-hydrogen) atoms. The van der Waals surface area contributed by atoms with Gasteiger partial charge in [-0.05, 0) is 18.2 Å². The van der Waals surface area contributed by atoms with Gasteiger partial charge >= 0.3 is 0 Å². The maximum Gasteiger partial charge on any atom is 0.133 e. The zero-order chi connectivity index (χ0) is 12.8. The Morgan fingerprint density at radius 1 is 1.00 bits per heavy atom. The largest absolute Gasteiger partial charge is 0.457 e. The third-order valence-electron chi connectivity index (χ3n) is 2.57. The molecule has 2 aromatic carbocycles. The van der Waals surface area contributed by atoms with Crippen LogP contribution >= 0.6 is 0 Å². The third-order valence-corrected chi connectivity index (χ3v) is 2.57. The molecule has 0 bridgehead atoms. The van der Waals surface area contributed by atoms with Crippen molar-refractivity contribution >= 4 is 0 Å². The highest BCUT2D eigenvalue weighted by Gasteiger charge is 2.13. The Bertz CT molecular complexity index is 482. The van der Waals surface area contributed by atoms with Gasteiger partial charge in [0.25, 0.3) is 0 Å².